The second kappa shape index (κ2) is 5.37. The third-order valence-corrected chi connectivity index (χ3v) is 5.20. The Kier molecular flexibility index (Phi) is 3.58. The quantitative estimate of drug-likeness (QED) is 0.598. The van der Waals surface area contributed by atoms with E-state index in [0.717, 1.165) is 5.69 Å². The Hall–Kier alpha value is -1.67. The van der Waals surface area contributed by atoms with Crippen molar-refractivity contribution in [2.75, 3.05) is 0 Å². The number of benzene rings is 1. The van der Waals surface area contributed by atoms with Crippen LogP contribution in [0.4, 0.5) is 0 Å². The number of hydrogen-bond acceptors (Lipinski definition) is 2. The largest absolute Gasteiger partial charge is 0.255 e. The molecule has 2 aromatic heterocycles. The van der Waals surface area contributed by atoms with Crippen LogP contribution in [-0.2, 0) is 0 Å². The lowest BCUT2D eigenvalue weighted by molar-refractivity contribution is 0.540. The minimum absolute atomic E-state index is 0.531. The zero-order chi connectivity index (χ0) is 14.1. The second-order valence-corrected chi connectivity index (χ2v) is 6.64. The molecule has 0 aliphatic carbocycles. The highest BCUT2D eigenvalue weighted by Crippen LogP contribution is 2.43. The molecule has 1 atom stereocenters. The minimum atomic E-state index is 0.531. The summed E-state index contributed by atoms with van der Waals surface area (Å²) in [5.41, 5.74) is 2.55. The van der Waals surface area contributed by atoms with E-state index in [-0.39, 0.29) is 0 Å². The number of aromatic nitrogens is 1. The number of fused-ring (bicyclic) bond motifs is 1. The number of thiophene rings is 1. The molecule has 1 aromatic carbocycles. The Balaban J connectivity index is 2.28. The molecule has 0 aliphatic rings. The predicted molar refractivity (Wildman–Crippen MR) is 88.3 cm³/mol. The van der Waals surface area contributed by atoms with Crippen LogP contribution in [0.1, 0.15) is 32.3 Å². The molecule has 20 heavy (non-hydrogen) atoms. The first-order valence-corrected chi connectivity index (χ1v) is 7.93. The van der Waals surface area contributed by atoms with Crippen LogP contribution < -0.4 is 0 Å². The highest BCUT2D eigenvalue weighted by Gasteiger charge is 2.21. The molecule has 0 fully saturated rings. The first kappa shape index (κ1) is 13.3. The van der Waals surface area contributed by atoms with E-state index in [1.807, 2.05) is 23.6 Å². The summed E-state index contributed by atoms with van der Waals surface area (Å²) >= 11 is 1.86. The molecule has 1 nitrogen and oxygen atoms in total. The highest BCUT2D eigenvalue weighted by atomic mass is 32.1. The van der Waals surface area contributed by atoms with Gasteiger partial charge in [0.25, 0.3) is 0 Å². The third kappa shape index (κ3) is 2.25. The van der Waals surface area contributed by atoms with Gasteiger partial charge in [0.05, 0.1) is 10.6 Å². The molecule has 3 aromatic rings. The van der Waals surface area contributed by atoms with Crippen LogP contribution in [0.2, 0.25) is 0 Å². The van der Waals surface area contributed by atoms with Crippen LogP contribution in [0, 0.1) is 5.92 Å². The highest BCUT2D eigenvalue weighted by molar-refractivity contribution is 7.22. The van der Waals surface area contributed by atoms with Gasteiger partial charge in [0.2, 0.25) is 0 Å². The number of nitrogens with zero attached hydrogens (tertiary/aromatic N) is 1. The van der Waals surface area contributed by atoms with Gasteiger partial charge in [0, 0.05) is 10.9 Å². The molecule has 0 spiro atoms. The van der Waals surface area contributed by atoms with Crippen molar-refractivity contribution in [1.82, 2.24) is 4.98 Å². The van der Waals surface area contributed by atoms with Gasteiger partial charge in [0.15, 0.2) is 0 Å². The fraction of sp³-hybridized carbons (Fsp3) is 0.278. The number of pyridine rings is 1. The summed E-state index contributed by atoms with van der Waals surface area (Å²) in [6.07, 6.45) is 1.88. The molecule has 0 saturated heterocycles. The summed E-state index contributed by atoms with van der Waals surface area (Å²) in [7, 11) is 0. The summed E-state index contributed by atoms with van der Waals surface area (Å²) in [5, 5.41) is 1.39. The van der Waals surface area contributed by atoms with Gasteiger partial charge in [-0.15, -0.1) is 11.3 Å². The van der Waals surface area contributed by atoms with Gasteiger partial charge < -0.3 is 0 Å². The SMILES string of the molecule is CC(C)C(C)c1c(-c2ccccn2)sc2ccccc12. The topological polar surface area (TPSA) is 12.9 Å². The van der Waals surface area contributed by atoms with Crippen molar-refractivity contribution in [3.05, 3.63) is 54.2 Å². The first-order valence-electron chi connectivity index (χ1n) is 7.11. The van der Waals surface area contributed by atoms with Crippen LogP contribution in [-0.4, -0.2) is 4.98 Å². The molecule has 3 rings (SSSR count). The molecular weight excluding hydrogens is 262 g/mol. The Bertz CT molecular complexity index is 713. The van der Waals surface area contributed by atoms with Crippen LogP contribution in [0.5, 0.6) is 0 Å². The van der Waals surface area contributed by atoms with Gasteiger partial charge in [-0.05, 0) is 41.0 Å². The summed E-state index contributed by atoms with van der Waals surface area (Å²) in [4.78, 5) is 5.88. The van der Waals surface area contributed by atoms with E-state index in [9.17, 15) is 0 Å². The standard InChI is InChI=1S/C18H19NS/c1-12(2)13(3)17-14-8-4-5-10-16(14)20-18(17)15-9-6-7-11-19-15/h4-13H,1-3H3. The Labute approximate surface area is 124 Å². The molecule has 0 amide bonds. The molecule has 0 aliphatic heterocycles. The van der Waals surface area contributed by atoms with Crippen LogP contribution in [0.3, 0.4) is 0 Å². The summed E-state index contributed by atoms with van der Waals surface area (Å²) in [5.74, 6) is 1.15. The van der Waals surface area contributed by atoms with Crippen molar-refractivity contribution in [2.24, 2.45) is 5.92 Å². The monoisotopic (exact) mass is 281 g/mol. The molecule has 1 unspecified atom stereocenters. The third-order valence-electron chi connectivity index (χ3n) is 3.99. The lowest BCUT2D eigenvalue weighted by atomic mass is 9.88. The average Bonchev–Trinajstić information content (AvgIpc) is 2.86. The Morgan fingerprint density at radius 3 is 2.40 bits per heavy atom. The minimum Gasteiger partial charge on any atom is -0.255 e. The van der Waals surface area contributed by atoms with Crippen molar-refractivity contribution in [3.63, 3.8) is 0 Å². The van der Waals surface area contributed by atoms with Gasteiger partial charge >= 0.3 is 0 Å². The molecule has 2 heteroatoms. The van der Waals surface area contributed by atoms with Crippen molar-refractivity contribution in [2.45, 2.75) is 26.7 Å². The van der Waals surface area contributed by atoms with E-state index >= 15 is 0 Å². The van der Waals surface area contributed by atoms with Crippen molar-refractivity contribution >= 4 is 21.4 Å². The van der Waals surface area contributed by atoms with Crippen molar-refractivity contribution in [3.8, 4) is 10.6 Å². The molecular formula is C18H19NS. The van der Waals surface area contributed by atoms with E-state index in [0.29, 0.717) is 11.8 Å². The van der Waals surface area contributed by atoms with Gasteiger partial charge in [-0.3, -0.25) is 4.98 Å². The summed E-state index contributed by atoms with van der Waals surface area (Å²) < 4.78 is 1.36. The van der Waals surface area contributed by atoms with E-state index < -0.39 is 0 Å². The second-order valence-electron chi connectivity index (χ2n) is 5.59. The number of hydrogen-bond donors (Lipinski definition) is 0. The van der Waals surface area contributed by atoms with Crippen LogP contribution in [0.15, 0.2) is 48.7 Å². The molecule has 0 N–H and O–H groups in total. The van der Waals surface area contributed by atoms with Gasteiger partial charge in [-0.1, -0.05) is 45.0 Å². The molecule has 0 radical (unpaired) electrons. The maximum atomic E-state index is 4.56. The molecule has 2 heterocycles. The van der Waals surface area contributed by atoms with Crippen LogP contribution in [0.25, 0.3) is 20.7 Å². The maximum absolute atomic E-state index is 4.56. The van der Waals surface area contributed by atoms with Crippen molar-refractivity contribution in [1.29, 1.82) is 0 Å². The Morgan fingerprint density at radius 2 is 1.70 bits per heavy atom. The van der Waals surface area contributed by atoms with E-state index in [1.54, 1.807) is 0 Å². The van der Waals surface area contributed by atoms with E-state index in [1.165, 1.54) is 20.5 Å². The zero-order valence-corrected chi connectivity index (χ0v) is 12.9. The lowest BCUT2D eigenvalue weighted by Crippen LogP contribution is -2.02. The summed E-state index contributed by atoms with van der Waals surface area (Å²) in [6.45, 7) is 6.91. The van der Waals surface area contributed by atoms with Gasteiger partial charge in [-0.2, -0.15) is 0 Å². The normalized spacial score (nSPS) is 13.0. The van der Waals surface area contributed by atoms with Crippen molar-refractivity contribution < 1.29 is 0 Å². The van der Waals surface area contributed by atoms with Crippen LogP contribution >= 0.6 is 11.3 Å². The lowest BCUT2D eigenvalue weighted by Gasteiger charge is -2.17. The van der Waals surface area contributed by atoms with E-state index in [2.05, 4.69) is 62.2 Å². The van der Waals surface area contributed by atoms with Gasteiger partial charge in [-0.25, -0.2) is 0 Å². The van der Waals surface area contributed by atoms with Gasteiger partial charge in [0.1, 0.15) is 0 Å². The maximum Gasteiger partial charge on any atom is 0.0805 e. The molecule has 0 bridgehead atoms. The zero-order valence-electron chi connectivity index (χ0n) is 12.1. The number of rotatable bonds is 3. The smallest absolute Gasteiger partial charge is 0.0805 e. The summed E-state index contributed by atoms with van der Waals surface area (Å²) in [6, 6.07) is 14.9. The predicted octanol–water partition coefficient (Wildman–Crippen LogP) is 5.72. The fourth-order valence-corrected chi connectivity index (χ4v) is 3.82. The first-order chi connectivity index (χ1) is 9.68. The molecule has 102 valence electrons. The molecule has 0 saturated carbocycles. The van der Waals surface area contributed by atoms with E-state index in [4.69, 9.17) is 0 Å². The fourth-order valence-electron chi connectivity index (χ4n) is 2.54. The Morgan fingerprint density at radius 1 is 0.950 bits per heavy atom. The average molecular weight is 281 g/mol.